The van der Waals surface area contributed by atoms with Gasteiger partial charge < -0.3 is 25.4 Å². The van der Waals surface area contributed by atoms with E-state index in [1.54, 1.807) is 18.2 Å². The molecule has 0 radical (unpaired) electrons. The minimum atomic E-state index is -0.520. The van der Waals surface area contributed by atoms with Gasteiger partial charge in [-0.25, -0.2) is 4.79 Å². The first-order valence-corrected chi connectivity index (χ1v) is 14.2. The van der Waals surface area contributed by atoms with Gasteiger partial charge in [0, 0.05) is 17.9 Å². The van der Waals surface area contributed by atoms with Crippen LogP contribution in [-0.2, 0) is 20.7 Å². The van der Waals surface area contributed by atoms with Crippen LogP contribution in [0, 0.1) is 0 Å². The molecule has 0 aliphatic heterocycles. The van der Waals surface area contributed by atoms with Crippen molar-refractivity contribution in [2.45, 2.75) is 71.8 Å². The number of rotatable bonds is 15. The smallest absolute Gasteiger partial charge is 0.407 e. The molecule has 39 heavy (non-hydrogen) atoms. The number of benzene rings is 2. The number of esters is 1. The molecule has 0 bridgehead atoms. The number of allylic oxidation sites excluding steroid dienone is 1. The van der Waals surface area contributed by atoms with E-state index in [-0.39, 0.29) is 12.4 Å². The van der Waals surface area contributed by atoms with Crippen molar-refractivity contribution in [1.82, 2.24) is 10.6 Å². The van der Waals surface area contributed by atoms with Crippen LogP contribution in [0.15, 0.2) is 54.2 Å². The Morgan fingerprint density at radius 3 is 2.31 bits per heavy atom. The third-order valence-electron chi connectivity index (χ3n) is 5.53. The lowest BCUT2D eigenvalue weighted by molar-refractivity contribution is -0.142. The molecule has 2 aromatic rings. The monoisotopic (exact) mass is 577 g/mol. The normalized spacial score (nSPS) is 11.6. The summed E-state index contributed by atoms with van der Waals surface area (Å²) in [5.74, 6) is -0.275. The summed E-state index contributed by atoms with van der Waals surface area (Å²) in [4.78, 5) is 24.3. The van der Waals surface area contributed by atoms with Gasteiger partial charge in [-0.3, -0.25) is 4.79 Å². The topological polar surface area (TPSA) is 88.7 Å². The van der Waals surface area contributed by atoms with E-state index in [0.717, 1.165) is 55.6 Å². The Hall–Kier alpha value is -2.90. The number of hydrogen-bond donors (Lipinski definition) is 3. The van der Waals surface area contributed by atoms with Crippen molar-refractivity contribution in [2.24, 2.45) is 0 Å². The molecular formula is C30H41Cl2N3O4. The second kappa shape index (κ2) is 16.9. The SMILES string of the molecule is CCC=C(CNC(=O)OC(C)(C)C)NCCCCCCOC(=O)Cc1ccccc1Nc1c(Cl)cccc1Cl. The molecule has 3 N–H and O–H groups in total. The van der Waals surface area contributed by atoms with E-state index < -0.39 is 11.7 Å². The number of ether oxygens (including phenoxy) is 2. The summed E-state index contributed by atoms with van der Waals surface area (Å²) in [6.45, 7) is 9.17. The highest BCUT2D eigenvalue weighted by atomic mass is 35.5. The average Bonchev–Trinajstić information content (AvgIpc) is 2.86. The van der Waals surface area contributed by atoms with E-state index in [1.807, 2.05) is 45.0 Å². The van der Waals surface area contributed by atoms with Gasteiger partial charge in [0.15, 0.2) is 0 Å². The Labute approximate surface area is 242 Å². The van der Waals surface area contributed by atoms with Gasteiger partial charge in [0.1, 0.15) is 5.60 Å². The van der Waals surface area contributed by atoms with Crippen LogP contribution in [0.5, 0.6) is 0 Å². The highest BCUT2D eigenvalue weighted by molar-refractivity contribution is 6.39. The molecule has 0 saturated carbocycles. The molecule has 2 aromatic carbocycles. The molecule has 0 spiro atoms. The minimum Gasteiger partial charge on any atom is -0.465 e. The van der Waals surface area contributed by atoms with Crippen LogP contribution in [0.3, 0.4) is 0 Å². The molecule has 0 aliphatic rings. The number of carbonyl (C=O) groups excluding carboxylic acids is 2. The van der Waals surface area contributed by atoms with Crippen LogP contribution in [0.25, 0.3) is 0 Å². The van der Waals surface area contributed by atoms with Gasteiger partial charge in [-0.05, 0) is 70.2 Å². The number of alkyl carbamates (subject to hydrolysis) is 1. The molecule has 0 fully saturated rings. The molecule has 0 unspecified atom stereocenters. The maximum Gasteiger partial charge on any atom is 0.407 e. The van der Waals surface area contributed by atoms with Gasteiger partial charge in [0.25, 0.3) is 0 Å². The third kappa shape index (κ3) is 13.1. The number of hydrogen-bond acceptors (Lipinski definition) is 6. The van der Waals surface area contributed by atoms with Crippen molar-refractivity contribution in [2.75, 3.05) is 25.0 Å². The Balaban J connectivity index is 1.65. The van der Waals surface area contributed by atoms with E-state index in [1.165, 1.54) is 0 Å². The maximum atomic E-state index is 12.5. The number of nitrogens with one attached hydrogen (secondary N) is 3. The number of halogens is 2. The molecule has 0 heterocycles. The van der Waals surface area contributed by atoms with Crippen molar-refractivity contribution in [1.29, 1.82) is 0 Å². The minimum absolute atomic E-state index is 0.152. The summed E-state index contributed by atoms with van der Waals surface area (Å²) in [6, 6.07) is 12.8. The largest absolute Gasteiger partial charge is 0.465 e. The summed E-state index contributed by atoms with van der Waals surface area (Å²) < 4.78 is 10.8. The number of amides is 1. The number of unbranched alkanes of at least 4 members (excludes halogenated alkanes) is 3. The fraction of sp³-hybridized carbons (Fsp3) is 0.467. The molecule has 9 heteroatoms. The Bertz CT molecular complexity index is 1080. The van der Waals surface area contributed by atoms with E-state index in [2.05, 4.69) is 29.0 Å². The van der Waals surface area contributed by atoms with Crippen molar-refractivity contribution in [3.05, 3.63) is 69.8 Å². The lowest BCUT2D eigenvalue weighted by atomic mass is 10.1. The first-order chi connectivity index (χ1) is 18.6. The van der Waals surface area contributed by atoms with E-state index in [9.17, 15) is 9.59 Å². The first-order valence-electron chi connectivity index (χ1n) is 13.4. The zero-order valence-corrected chi connectivity index (χ0v) is 24.9. The van der Waals surface area contributed by atoms with Crippen molar-refractivity contribution in [3.8, 4) is 0 Å². The molecular weight excluding hydrogens is 537 g/mol. The number of anilines is 2. The molecule has 214 valence electrons. The maximum absolute atomic E-state index is 12.5. The summed E-state index contributed by atoms with van der Waals surface area (Å²) in [5.41, 5.74) is 2.63. The van der Waals surface area contributed by atoms with Crippen LogP contribution >= 0.6 is 23.2 Å². The predicted molar refractivity (Wildman–Crippen MR) is 160 cm³/mol. The summed E-state index contributed by atoms with van der Waals surface area (Å²) in [5, 5.41) is 10.4. The van der Waals surface area contributed by atoms with Crippen molar-refractivity contribution >= 4 is 46.6 Å². The fourth-order valence-electron chi connectivity index (χ4n) is 3.71. The van der Waals surface area contributed by atoms with E-state index in [4.69, 9.17) is 32.7 Å². The summed E-state index contributed by atoms with van der Waals surface area (Å²) in [6.07, 6.45) is 6.41. The molecule has 1 amide bonds. The second-order valence-corrected chi connectivity index (χ2v) is 10.9. The highest BCUT2D eigenvalue weighted by Gasteiger charge is 2.16. The van der Waals surface area contributed by atoms with Gasteiger partial charge in [-0.15, -0.1) is 0 Å². The molecule has 0 atom stereocenters. The van der Waals surface area contributed by atoms with Gasteiger partial charge in [0.05, 0.1) is 35.3 Å². The van der Waals surface area contributed by atoms with Gasteiger partial charge >= 0.3 is 12.1 Å². The Morgan fingerprint density at radius 2 is 1.62 bits per heavy atom. The van der Waals surface area contributed by atoms with Crippen LogP contribution in [-0.4, -0.2) is 37.4 Å². The van der Waals surface area contributed by atoms with Gasteiger partial charge in [-0.2, -0.15) is 0 Å². The highest BCUT2D eigenvalue weighted by Crippen LogP contribution is 2.33. The van der Waals surface area contributed by atoms with E-state index >= 15 is 0 Å². The second-order valence-electron chi connectivity index (χ2n) is 10.1. The molecule has 7 nitrogen and oxygen atoms in total. The van der Waals surface area contributed by atoms with Crippen LogP contribution in [0.4, 0.5) is 16.2 Å². The fourth-order valence-corrected chi connectivity index (χ4v) is 4.20. The van der Waals surface area contributed by atoms with Gasteiger partial charge in [0.2, 0.25) is 0 Å². The molecule has 0 saturated heterocycles. The Kier molecular flexibility index (Phi) is 14.0. The predicted octanol–water partition coefficient (Wildman–Crippen LogP) is 7.79. The standard InChI is InChI=1S/C30H41Cl2N3O4/c1-5-13-23(21-34-29(37)39-30(2,3)4)33-18-10-6-7-11-19-38-27(36)20-22-14-8-9-17-26(22)35-28-24(31)15-12-16-25(28)32/h8-9,12-17,33,35H,5-7,10-11,18-21H2,1-4H3,(H,34,37). The van der Waals surface area contributed by atoms with Crippen molar-refractivity contribution in [3.63, 3.8) is 0 Å². The molecule has 0 aromatic heterocycles. The third-order valence-corrected chi connectivity index (χ3v) is 6.16. The quantitative estimate of drug-likeness (QED) is 0.148. The number of carbonyl (C=O) groups is 2. The van der Waals surface area contributed by atoms with E-state index in [0.29, 0.717) is 28.9 Å². The number of para-hydroxylation sites is 2. The van der Waals surface area contributed by atoms with Crippen LogP contribution < -0.4 is 16.0 Å². The molecule has 2 rings (SSSR count). The Morgan fingerprint density at radius 1 is 0.923 bits per heavy atom. The lowest BCUT2D eigenvalue weighted by Crippen LogP contribution is -2.35. The van der Waals surface area contributed by atoms with Gasteiger partial charge in [-0.1, -0.05) is 66.9 Å². The van der Waals surface area contributed by atoms with Crippen molar-refractivity contribution < 1.29 is 19.1 Å². The first kappa shape index (κ1) is 32.3. The summed E-state index contributed by atoms with van der Waals surface area (Å²) in [7, 11) is 0. The van der Waals surface area contributed by atoms with Crippen LogP contribution in [0.1, 0.15) is 65.4 Å². The van der Waals surface area contributed by atoms with Crippen LogP contribution in [0.2, 0.25) is 10.0 Å². The lowest BCUT2D eigenvalue weighted by Gasteiger charge is -2.20. The zero-order valence-electron chi connectivity index (χ0n) is 23.4. The molecule has 0 aliphatic carbocycles. The zero-order chi connectivity index (χ0) is 28.7. The summed E-state index contributed by atoms with van der Waals surface area (Å²) >= 11 is 12.6. The average molecular weight is 579 g/mol.